The maximum absolute atomic E-state index is 15.4. The quantitative estimate of drug-likeness (QED) is 0.0247. The second-order valence-corrected chi connectivity index (χ2v) is 33.3. The molecule has 10 N–H and O–H groups in total. The summed E-state index contributed by atoms with van der Waals surface area (Å²) in [5, 5.41) is 33.4. The molecule has 670 valence electrons. The van der Waals surface area contributed by atoms with Gasteiger partial charge in [-0.25, -0.2) is 23.2 Å². The van der Waals surface area contributed by atoms with Crippen molar-refractivity contribution in [1.29, 1.82) is 0 Å². The molecule has 10 aliphatic rings. The SMILES string of the molecule is CC[C@@H]1NC(=O)[C@@H](N)[C@@H](C)OC(=O)[C@H](c2ccccc2)NC(=O)[C@@H]2CC(=O)[C@H](CSC3CN4CCC3CC4)CN2C(=O)[C@H](Cc2ccc(C)cc2)N(C)C(=O)[C@@H]2CCCN2C1=O.NC[C@H]1CN(c2ccc(N3CCOCC3)c(F)c2)C(=O)O1.O=C(O)CCCCC(=O)NC[C@H]1CN(c2ccc(N3CCOCC3)c(F)c2)C(=O)O1.O=C(O)CCCCC(=O)O. The van der Waals surface area contributed by atoms with Crippen LogP contribution < -0.4 is 47.0 Å². The van der Waals surface area contributed by atoms with Crippen LogP contribution >= 0.6 is 11.8 Å². The van der Waals surface area contributed by atoms with Gasteiger partial charge in [0.05, 0.1) is 68.8 Å². The van der Waals surface area contributed by atoms with Gasteiger partial charge in [-0.05, 0) is 138 Å². The fourth-order valence-corrected chi connectivity index (χ4v) is 17.8. The average Bonchev–Trinajstić information content (AvgIpc) is 1.53. The molecule has 34 nitrogen and oxygen atoms in total. The van der Waals surface area contributed by atoms with E-state index in [1.54, 1.807) is 80.3 Å². The Balaban J connectivity index is 0.000000212. The number of cyclic esters (lactones) is 3. The number of carboxylic acids is 3. The van der Waals surface area contributed by atoms with Gasteiger partial charge in [0.25, 0.3) is 0 Å². The van der Waals surface area contributed by atoms with E-state index in [-0.39, 0.29) is 101 Å². The van der Waals surface area contributed by atoms with Crippen molar-refractivity contribution in [1.82, 2.24) is 35.6 Å². The zero-order valence-corrected chi connectivity index (χ0v) is 70.8. The van der Waals surface area contributed by atoms with Crippen molar-refractivity contribution in [3.8, 4) is 0 Å². The Bertz CT molecular complexity index is 4330. The van der Waals surface area contributed by atoms with E-state index in [0.717, 1.165) is 43.6 Å². The largest absolute Gasteiger partial charge is 0.481 e. The first kappa shape index (κ1) is 94.6. The Morgan fingerprint density at radius 2 is 1.16 bits per heavy atom. The van der Waals surface area contributed by atoms with Gasteiger partial charge in [-0.2, -0.15) is 11.8 Å². The zero-order valence-electron chi connectivity index (χ0n) is 70.0. The maximum atomic E-state index is 15.4. The Labute approximate surface area is 717 Å². The normalized spacial score (nSPS) is 25.8. The molecule has 2 bridgehead atoms. The summed E-state index contributed by atoms with van der Waals surface area (Å²) in [5.74, 6) is -7.10. The van der Waals surface area contributed by atoms with Crippen LogP contribution in [0.2, 0.25) is 0 Å². The molecule has 10 aliphatic heterocycles. The number of likely N-dealkylation sites (N-methyl/N-ethyl adjacent to an activating group) is 1. The Hall–Kier alpha value is -10.6. The predicted octanol–water partition coefficient (Wildman–Crippen LogP) is 5.40. The van der Waals surface area contributed by atoms with Crippen LogP contribution in [0.5, 0.6) is 0 Å². The average molecular weight is 1740 g/mol. The molecule has 11 atom stereocenters. The number of rotatable bonds is 24. The first-order chi connectivity index (χ1) is 59.0. The number of unbranched alkanes of at least 4 members (excludes halogenated alkanes) is 2. The molecule has 1 unspecified atom stereocenters. The summed E-state index contributed by atoms with van der Waals surface area (Å²) in [4.78, 5) is 180. The van der Waals surface area contributed by atoms with Gasteiger partial charge in [-0.15, -0.1) is 0 Å². The van der Waals surface area contributed by atoms with Crippen molar-refractivity contribution in [3.05, 3.63) is 119 Å². The number of thioether (sulfide) groups is 1. The van der Waals surface area contributed by atoms with E-state index < -0.39 is 126 Å². The molecule has 14 rings (SSSR count). The fraction of sp³-hybridized carbons (Fsp3) is 0.570. The highest BCUT2D eigenvalue weighted by molar-refractivity contribution is 8.00. The van der Waals surface area contributed by atoms with Crippen molar-refractivity contribution in [2.24, 2.45) is 23.3 Å². The fourth-order valence-electron chi connectivity index (χ4n) is 16.2. The van der Waals surface area contributed by atoms with E-state index in [0.29, 0.717) is 143 Å². The van der Waals surface area contributed by atoms with E-state index in [9.17, 15) is 66.3 Å². The standard InChI is InChI=1S/C46H61N7O8S.C20H26FN3O6.C14H18FN3O3.C6H10O4/c1-5-33-43(57)52-19-9-12-34(52)44(58)50(4)36(22-29-15-13-27(2)14-16-29)45(59)53-24-32(26-62-38-25-51-20-17-30(38)18-21-51)37(54)23-35(53)41(55)49-40(31-10-7-6-8-11-31)46(60)61-28(3)39(47)42(56)48-33;21-16-11-14(5-6-17(16)23-7-9-29-10-8-23)24-13-15(30-20(24)28)12-22-18(25)3-1-2-4-19(26)27;15-12-7-10(18-9-11(8-16)21-14(18)19)1-2-13(12)17-3-5-20-6-4-17;7-5(8)3-1-2-4-6(9)10/h6-8,10-11,13-16,28,30,32-36,38-40H,5,9,12,17-26,47H2,1-4H3,(H,48,56)(H,49,55);5-6,11,15H,1-4,7-10,12-13H2,(H,22,25)(H,26,27);1-2,7,11H,3-6,8-9,16H2;1-4H2,(H,7,8)(H,9,10)/t28-,32+,33+,34+,35+,36+,38?,39+,40+;15-;11-;/m100./s1. The third-order valence-corrected chi connectivity index (χ3v) is 25.0. The summed E-state index contributed by atoms with van der Waals surface area (Å²) in [7, 11) is 1.55. The lowest BCUT2D eigenvalue weighted by molar-refractivity contribution is -0.157. The minimum Gasteiger partial charge on any atom is -0.481 e. The molecule has 123 heavy (non-hydrogen) atoms. The first-order valence-corrected chi connectivity index (χ1v) is 43.3. The molecule has 0 spiro atoms. The van der Waals surface area contributed by atoms with Gasteiger partial charge < -0.3 is 95.8 Å². The number of aliphatic carboxylic acids is 3. The maximum Gasteiger partial charge on any atom is 0.414 e. The van der Waals surface area contributed by atoms with Crippen molar-refractivity contribution in [3.63, 3.8) is 0 Å². The Morgan fingerprint density at radius 3 is 1.68 bits per heavy atom. The molecule has 0 saturated carbocycles. The molecule has 0 radical (unpaired) electrons. The number of halogens is 2. The number of morpholine rings is 2. The number of nitrogens with two attached hydrogens (primary N) is 2. The molecule has 37 heteroatoms. The van der Waals surface area contributed by atoms with Crippen LogP contribution in [0.15, 0.2) is 91.0 Å². The van der Waals surface area contributed by atoms with E-state index >= 15 is 4.79 Å². The van der Waals surface area contributed by atoms with Gasteiger partial charge >= 0.3 is 36.1 Å². The van der Waals surface area contributed by atoms with Crippen molar-refractivity contribution >= 4 is 112 Å². The number of hydrogen-bond acceptors (Lipinski definition) is 24. The number of carbonyl (C=O) groups excluding carboxylic acids is 10. The van der Waals surface area contributed by atoms with Gasteiger partial charge in [0.1, 0.15) is 65.9 Å². The lowest BCUT2D eigenvalue weighted by atomic mass is 9.88. The van der Waals surface area contributed by atoms with E-state index in [1.165, 1.54) is 43.6 Å². The number of carbonyl (C=O) groups is 13. The van der Waals surface area contributed by atoms with Crippen molar-refractivity contribution in [2.75, 3.05) is 144 Å². The number of nitrogens with zero attached hydrogens (tertiary/aromatic N) is 8. The highest BCUT2D eigenvalue weighted by Gasteiger charge is 2.49. The molecule has 0 aromatic heterocycles. The number of amides is 8. The topological polar surface area (TPSA) is 443 Å². The molecular weight excluding hydrogens is 1620 g/mol. The second kappa shape index (κ2) is 45.7. The van der Waals surface area contributed by atoms with Gasteiger partial charge in [-0.1, -0.05) is 67.1 Å². The predicted molar refractivity (Wildman–Crippen MR) is 449 cm³/mol. The third-order valence-electron chi connectivity index (χ3n) is 23.4. The minimum atomic E-state index is -1.40. The third kappa shape index (κ3) is 26.2. The first-order valence-electron chi connectivity index (χ1n) is 42.2. The number of aryl methyl sites for hydroxylation is 1. The smallest absolute Gasteiger partial charge is 0.414 e. The Kier molecular flexibility index (Phi) is 35.2. The molecule has 8 amide bonds. The highest BCUT2D eigenvalue weighted by Crippen LogP contribution is 2.38. The summed E-state index contributed by atoms with van der Waals surface area (Å²) in [5.41, 5.74) is 15.9. The summed E-state index contributed by atoms with van der Waals surface area (Å²) in [6.45, 7) is 14.3. The number of fused-ring (bicyclic) bond motifs is 5. The molecule has 4 aromatic rings. The number of ketones is 1. The number of piperidine rings is 4. The summed E-state index contributed by atoms with van der Waals surface area (Å²) >= 11 is 1.76. The van der Waals surface area contributed by atoms with Gasteiger partial charge in [0.2, 0.25) is 35.4 Å². The molecule has 0 aliphatic carbocycles. The number of ether oxygens (including phenoxy) is 5. The Morgan fingerprint density at radius 1 is 0.610 bits per heavy atom. The van der Waals surface area contributed by atoms with Gasteiger partial charge in [0.15, 0.2) is 6.04 Å². The molecule has 10 fully saturated rings. The van der Waals surface area contributed by atoms with E-state index in [2.05, 4.69) is 20.9 Å². The van der Waals surface area contributed by atoms with Crippen LogP contribution in [0.1, 0.15) is 126 Å². The van der Waals surface area contributed by atoms with E-state index in [4.69, 9.17) is 50.5 Å². The van der Waals surface area contributed by atoms with Crippen molar-refractivity contribution in [2.45, 2.75) is 177 Å². The number of Topliss-reactive ketones (excluding diaryl/α,β-unsaturated/α-hetero) is 1. The van der Waals surface area contributed by atoms with Crippen LogP contribution in [0.4, 0.5) is 41.1 Å². The lowest BCUT2D eigenvalue weighted by Gasteiger charge is -2.45. The summed E-state index contributed by atoms with van der Waals surface area (Å²) < 4.78 is 55.6. The number of anilines is 4. The summed E-state index contributed by atoms with van der Waals surface area (Å²) in [6, 6.07) is 18.3. The summed E-state index contributed by atoms with van der Waals surface area (Å²) in [6.07, 6.45) is 2.16. The number of benzene rings is 4. The molecular formula is C86H115F2N13O21S. The number of hydrogen-bond donors (Lipinski definition) is 8. The molecule has 10 saturated heterocycles. The lowest BCUT2D eigenvalue weighted by Crippen LogP contribution is -2.63. The highest BCUT2D eigenvalue weighted by atomic mass is 32.2. The van der Waals surface area contributed by atoms with E-state index in [1.807, 2.05) is 41.0 Å². The minimum absolute atomic E-state index is 0.0311. The van der Waals surface area contributed by atoms with Crippen LogP contribution in [-0.4, -0.2) is 290 Å². The van der Waals surface area contributed by atoms with Crippen LogP contribution in [0.3, 0.4) is 0 Å². The number of carboxylic acid groups (broad SMARTS) is 3. The molecule has 4 aromatic carbocycles. The number of nitrogens with one attached hydrogen (secondary N) is 3. The van der Waals surface area contributed by atoms with Crippen LogP contribution in [0, 0.1) is 30.4 Å². The molecule has 10 heterocycles. The van der Waals surface area contributed by atoms with Crippen LogP contribution in [0.25, 0.3) is 0 Å². The van der Waals surface area contributed by atoms with Crippen LogP contribution in [-0.2, 0) is 82.8 Å². The number of esters is 1. The monoisotopic (exact) mass is 1740 g/mol. The van der Waals surface area contributed by atoms with Crippen molar-refractivity contribution < 1.29 is 110 Å². The zero-order chi connectivity index (χ0) is 88.6. The second-order valence-electron chi connectivity index (χ2n) is 32.1. The van der Waals surface area contributed by atoms with Gasteiger partial charge in [0, 0.05) is 115 Å². The van der Waals surface area contributed by atoms with Gasteiger partial charge in [-0.3, -0.25) is 57.7 Å².